The molecule has 2 atom stereocenters. The maximum atomic E-state index is 14.2. The Balaban J connectivity index is 1.49. The number of nitrogens with one attached hydrogen (secondary N) is 1. The molecule has 1 fully saturated rings. The van der Waals surface area contributed by atoms with Crippen LogP contribution in [0.4, 0.5) is 4.39 Å². The predicted octanol–water partition coefficient (Wildman–Crippen LogP) is 1.11. The van der Waals surface area contributed by atoms with Gasteiger partial charge < -0.3 is 10.2 Å². The van der Waals surface area contributed by atoms with Crippen molar-refractivity contribution in [2.45, 2.75) is 18.6 Å². The number of alkyl halides is 1. The van der Waals surface area contributed by atoms with Gasteiger partial charge in [-0.3, -0.25) is 14.6 Å². The number of halogens is 1. The van der Waals surface area contributed by atoms with E-state index in [0.717, 1.165) is 0 Å². The second-order valence-electron chi connectivity index (χ2n) is 6.39. The minimum atomic E-state index is -1.21. The Morgan fingerprint density at radius 1 is 1.15 bits per heavy atom. The number of carbonyl (C=O) groups is 2. The SMILES string of the molecule is O=C(N[C@H]1C[C@@H](F)CN(C(=O)c2ccncc2)C1)c1cccc2ncnn12. The van der Waals surface area contributed by atoms with Gasteiger partial charge in [0.1, 0.15) is 18.2 Å². The summed E-state index contributed by atoms with van der Waals surface area (Å²) in [6.45, 7) is 0.243. The number of pyridine rings is 2. The number of rotatable bonds is 3. The third-order valence-corrected chi connectivity index (χ3v) is 4.48. The lowest BCUT2D eigenvalue weighted by Crippen LogP contribution is -2.53. The highest BCUT2D eigenvalue weighted by molar-refractivity contribution is 5.95. The molecule has 0 saturated carbocycles. The number of aromatic nitrogens is 4. The Morgan fingerprint density at radius 2 is 1.96 bits per heavy atom. The van der Waals surface area contributed by atoms with E-state index in [1.165, 1.54) is 28.1 Å². The molecule has 3 aromatic rings. The number of fused-ring (bicyclic) bond motifs is 1. The molecule has 0 bridgehead atoms. The van der Waals surface area contributed by atoms with Gasteiger partial charge in [-0.15, -0.1) is 0 Å². The Bertz CT molecular complexity index is 976. The first-order valence-corrected chi connectivity index (χ1v) is 8.55. The lowest BCUT2D eigenvalue weighted by molar-refractivity contribution is 0.0561. The largest absolute Gasteiger partial charge is 0.346 e. The molecule has 4 heterocycles. The zero-order chi connectivity index (χ0) is 18.8. The van der Waals surface area contributed by atoms with Gasteiger partial charge in [-0.1, -0.05) is 6.07 Å². The topological polar surface area (TPSA) is 92.5 Å². The van der Waals surface area contributed by atoms with E-state index >= 15 is 0 Å². The van der Waals surface area contributed by atoms with E-state index < -0.39 is 12.2 Å². The molecule has 0 spiro atoms. The van der Waals surface area contributed by atoms with Crippen LogP contribution in [0, 0.1) is 0 Å². The fourth-order valence-electron chi connectivity index (χ4n) is 3.26. The van der Waals surface area contributed by atoms with Crippen molar-refractivity contribution in [3.8, 4) is 0 Å². The second kappa shape index (κ2) is 7.10. The third kappa shape index (κ3) is 3.48. The average molecular weight is 368 g/mol. The molecule has 0 unspecified atom stereocenters. The first-order valence-electron chi connectivity index (χ1n) is 8.55. The summed E-state index contributed by atoms with van der Waals surface area (Å²) in [5, 5.41) is 6.84. The summed E-state index contributed by atoms with van der Waals surface area (Å²) in [7, 11) is 0. The molecule has 1 aliphatic heterocycles. The van der Waals surface area contributed by atoms with Gasteiger partial charge in [-0.05, 0) is 24.3 Å². The van der Waals surface area contributed by atoms with E-state index in [0.29, 0.717) is 16.9 Å². The van der Waals surface area contributed by atoms with Gasteiger partial charge in [-0.25, -0.2) is 13.9 Å². The molecule has 1 saturated heterocycles. The standard InChI is InChI=1S/C18H17FN6O2/c19-13-8-14(10-24(9-13)18(27)12-4-6-20-7-5-12)23-17(26)15-2-1-3-16-21-11-22-25(15)16/h1-7,11,13-14H,8-10H2,(H,23,26)/t13-,14+/m1/s1. The Morgan fingerprint density at radius 3 is 2.78 bits per heavy atom. The zero-order valence-electron chi connectivity index (χ0n) is 14.3. The molecule has 8 nitrogen and oxygen atoms in total. The molecule has 0 aromatic carbocycles. The quantitative estimate of drug-likeness (QED) is 0.748. The minimum Gasteiger partial charge on any atom is -0.346 e. The molecule has 138 valence electrons. The van der Waals surface area contributed by atoms with Crippen LogP contribution in [0.5, 0.6) is 0 Å². The van der Waals surface area contributed by atoms with E-state index in [-0.39, 0.29) is 31.3 Å². The molecule has 3 aromatic heterocycles. The van der Waals surface area contributed by atoms with E-state index in [1.54, 1.807) is 30.3 Å². The predicted molar refractivity (Wildman–Crippen MR) is 93.9 cm³/mol. The number of hydrogen-bond acceptors (Lipinski definition) is 5. The van der Waals surface area contributed by atoms with E-state index in [4.69, 9.17) is 0 Å². The zero-order valence-corrected chi connectivity index (χ0v) is 14.3. The average Bonchev–Trinajstić information content (AvgIpc) is 3.16. The van der Waals surface area contributed by atoms with Gasteiger partial charge in [-0.2, -0.15) is 5.10 Å². The molecule has 4 rings (SSSR count). The van der Waals surface area contributed by atoms with Gasteiger partial charge >= 0.3 is 0 Å². The maximum Gasteiger partial charge on any atom is 0.270 e. The first-order chi connectivity index (χ1) is 13.1. The summed E-state index contributed by atoms with van der Waals surface area (Å²) >= 11 is 0. The van der Waals surface area contributed by atoms with Crippen LogP contribution in [0.3, 0.4) is 0 Å². The minimum absolute atomic E-state index is 0.00614. The van der Waals surface area contributed by atoms with Crippen LogP contribution < -0.4 is 5.32 Å². The summed E-state index contributed by atoms with van der Waals surface area (Å²) in [5.41, 5.74) is 1.29. The van der Waals surface area contributed by atoms with Gasteiger partial charge in [0, 0.05) is 37.0 Å². The van der Waals surface area contributed by atoms with Crippen molar-refractivity contribution in [2.75, 3.05) is 13.1 Å². The van der Waals surface area contributed by atoms with Crippen molar-refractivity contribution in [1.29, 1.82) is 0 Å². The van der Waals surface area contributed by atoms with E-state index in [1.807, 2.05) is 0 Å². The summed E-state index contributed by atoms with van der Waals surface area (Å²) in [6, 6.07) is 7.73. The summed E-state index contributed by atoms with van der Waals surface area (Å²) in [4.78, 5) is 34.6. The molecular formula is C18H17FN6O2. The lowest BCUT2D eigenvalue weighted by atomic mass is 10.0. The fraction of sp³-hybridized carbons (Fsp3) is 0.278. The van der Waals surface area contributed by atoms with E-state index in [9.17, 15) is 14.0 Å². The van der Waals surface area contributed by atoms with Crippen LogP contribution in [0.2, 0.25) is 0 Å². The Labute approximate surface area is 154 Å². The number of piperidine rings is 1. The number of hydrogen-bond donors (Lipinski definition) is 1. The Hall–Kier alpha value is -3.36. The number of nitrogens with zero attached hydrogens (tertiary/aromatic N) is 5. The van der Waals surface area contributed by atoms with Gasteiger partial charge in [0.25, 0.3) is 11.8 Å². The maximum absolute atomic E-state index is 14.2. The van der Waals surface area contributed by atoms with Crippen LogP contribution in [-0.2, 0) is 0 Å². The summed E-state index contributed by atoms with van der Waals surface area (Å²) in [5.74, 6) is -0.668. The van der Waals surface area contributed by atoms with Crippen molar-refractivity contribution in [1.82, 2.24) is 29.8 Å². The highest BCUT2D eigenvalue weighted by Gasteiger charge is 2.31. The molecular weight excluding hydrogens is 351 g/mol. The Kier molecular flexibility index (Phi) is 4.49. The van der Waals surface area contributed by atoms with Crippen molar-refractivity contribution in [3.05, 3.63) is 60.3 Å². The lowest BCUT2D eigenvalue weighted by Gasteiger charge is -2.35. The molecule has 0 aliphatic carbocycles. The smallest absolute Gasteiger partial charge is 0.270 e. The van der Waals surface area contributed by atoms with Crippen molar-refractivity contribution >= 4 is 17.5 Å². The molecule has 1 N–H and O–H groups in total. The van der Waals surface area contributed by atoms with Crippen LogP contribution in [-0.4, -0.2) is 61.6 Å². The molecule has 9 heteroatoms. The van der Waals surface area contributed by atoms with Crippen molar-refractivity contribution < 1.29 is 14.0 Å². The van der Waals surface area contributed by atoms with E-state index in [2.05, 4.69) is 20.4 Å². The molecule has 0 radical (unpaired) electrons. The van der Waals surface area contributed by atoms with Gasteiger partial charge in [0.15, 0.2) is 5.65 Å². The van der Waals surface area contributed by atoms with Crippen LogP contribution >= 0.6 is 0 Å². The highest BCUT2D eigenvalue weighted by Crippen LogP contribution is 2.17. The summed E-state index contributed by atoms with van der Waals surface area (Å²) < 4.78 is 15.7. The fourth-order valence-corrected chi connectivity index (χ4v) is 3.26. The van der Waals surface area contributed by atoms with Crippen LogP contribution in [0.25, 0.3) is 5.65 Å². The number of amides is 2. The van der Waals surface area contributed by atoms with Gasteiger partial charge in [0.2, 0.25) is 0 Å². The van der Waals surface area contributed by atoms with Crippen molar-refractivity contribution in [2.24, 2.45) is 0 Å². The van der Waals surface area contributed by atoms with Crippen molar-refractivity contribution in [3.63, 3.8) is 0 Å². The second-order valence-corrected chi connectivity index (χ2v) is 6.39. The molecule has 27 heavy (non-hydrogen) atoms. The van der Waals surface area contributed by atoms with Crippen LogP contribution in [0.1, 0.15) is 27.3 Å². The number of likely N-dealkylation sites (tertiary alicyclic amines) is 1. The third-order valence-electron chi connectivity index (χ3n) is 4.48. The molecule has 1 aliphatic rings. The number of carbonyl (C=O) groups excluding carboxylic acids is 2. The highest BCUT2D eigenvalue weighted by atomic mass is 19.1. The van der Waals surface area contributed by atoms with Gasteiger partial charge in [0.05, 0.1) is 6.54 Å². The normalized spacial score (nSPS) is 19.8. The first kappa shape index (κ1) is 17.1. The molecule has 2 amide bonds. The summed E-state index contributed by atoms with van der Waals surface area (Å²) in [6.07, 6.45) is 3.33. The monoisotopic (exact) mass is 368 g/mol. The van der Waals surface area contributed by atoms with Crippen LogP contribution in [0.15, 0.2) is 49.1 Å².